The Morgan fingerprint density at radius 2 is 1.85 bits per heavy atom. The number of aromatic nitrogens is 3. The predicted molar refractivity (Wildman–Crippen MR) is 69.2 cm³/mol. The first-order valence-electron chi connectivity index (χ1n) is 5.55. The van der Waals surface area contributed by atoms with Crippen LogP contribution in [-0.2, 0) is 0 Å². The van der Waals surface area contributed by atoms with E-state index < -0.39 is 4.92 Å². The monoisotopic (exact) mass is 296 g/mol. The summed E-state index contributed by atoms with van der Waals surface area (Å²) >= 11 is 5.71. The van der Waals surface area contributed by atoms with Gasteiger partial charge >= 0.3 is 12.0 Å². The largest absolute Gasteiger partial charge is 0.464 e. The van der Waals surface area contributed by atoms with Crippen LogP contribution in [0.1, 0.15) is 6.92 Å². The first-order valence-corrected chi connectivity index (χ1v) is 5.93. The lowest BCUT2D eigenvalue weighted by Gasteiger charge is -2.05. The maximum Gasteiger partial charge on any atom is 0.329 e. The summed E-state index contributed by atoms with van der Waals surface area (Å²) in [5.74, 6) is 0.334. The van der Waals surface area contributed by atoms with Crippen LogP contribution in [0.4, 0.5) is 5.69 Å². The van der Waals surface area contributed by atoms with E-state index in [1.54, 1.807) is 6.92 Å². The van der Waals surface area contributed by atoms with Crippen molar-refractivity contribution in [2.24, 2.45) is 0 Å². The van der Waals surface area contributed by atoms with E-state index in [1.807, 2.05) is 0 Å². The number of rotatable bonds is 5. The van der Waals surface area contributed by atoms with Crippen LogP contribution in [0.2, 0.25) is 5.28 Å². The molecule has 1 heterocycles. The van der Waals surface area contributed by atoms with Crippen LogP contribution in [0.15, 0.2) is 24.3 Å². The third-order valence-corrected chi connectivity index (χ3v) is 2.27. The minimum absolute atomic E-state index is 0.0407. The molecule has 0 aliphatic heterocycles. The molecule has 8 nitrogen and oxygen atoms in total. The summed E-state index contributed by atoms with van der Waals surface area (Å²) in [7, 11) is 0. The molecule has 1 aromatic carbocycles. The fourth-order valence-corrected chi connectivity index (χ4v) is 1.44. The summed E-state index contributed by atoms with van der Waals surface area (Å²) in [6, 6.07) is 5.46. The van der Waals surface area contributed by atoms with E-state index >= 15 is 0 Å². The first-order chi connectivity index (χ1) is 9.58. The van der Waals surface area contributed by atoms with Gasteiger partial charge in [0, 0.05) is 12.1 Å². The lowest BCUT2D eigenvalue weighted by atomic mass is 10.3. The molecule has 20 heavy (non-hydrogen) atoms. The normalized spacial score (nSPS) is 10.1. The van der Waals surface area contributed by atoms with Gasteiger partial charge in [0.25, 0.3) is 5.69 Å². The zero-order valence-corrected chi connectivity index (χ0v) is 11.1. The number of nitrogens with zero attached hydrogens (tertiary/aromatic N) is 4. The fourth-order valence-electron chi connectivity index (χ4n) is 1.30. The van der Waals surface area contributed by atoms with Crippen molar-refractivity contribution in [2.75, 3.05) is 6.61 Å². The third-order valence-electron chi connectivity index (χ3n) is 2.10. The maximum atomic E-state index is 10.5. The van der Waals surface area contributed by atoms with Gasteiger partial charge < -0.3 is 9.47 Å². The van der Waals surface area contributed by atoms with Gasteiger partial charge in [0.15, 0.2) is 0 Å². The van der Waals surface area contributed by atoms with Crippen molar-refractivity contribution < 1.29 is 14.4 Å². The second-order valence-electron chi connectivity index (χ2n) is 3.46. The molecule has 0 radical (unpaired) electrons. The zero-order chi connectivity index (χ0) is 14.5. The van der Waals surface area contributed by atoms with Crippen molar-refractivity contribution >= 4 is 17.3 Å². The first kappa shape index (κ1) is 13.9. The smallest absolute Gasteiger partial charge is 0.329 e. The van der Waals surface area contributed by atoms with Gasteiger partial charge in [-0.1, -0.05) is 0 Å². The predicted octanol–water partition coefficient (Wildman–Crippen LogP) is 2.62. The van der Waals surface area contributed by atoms with Crippen molar-refractivity contribution in [3.63, 3.8) is 0 Å². The highest BCUT2D eigenvalue weighted by Gasteiger charge is 2.09. The van der Waals surface area contributed by atoms with Crippen LogP contribution in [0.3, 0.4) is 0 Å². The van der Waals surface area contributed by atoms with E-state index in [2.05, 4.69) is 15.0 Å². The van der Waals surface area contributed by atoms with Crippen LogP contribution in [0.5, 0.6) is 17.8 Å². The van der Waals surface area contributed by atoms with Gasteiger partial charge in [-0.3, -0.25) is 10.1 Å². The van der Waals surface area contributed by atoms with E-state index in [9.17, 15) is 10.1 Å². The van der Waals surface area contributed by atoms with Crippen molar-refractivity contribution in [1.29, 1.82) is 0 Å². The van der Waals surface area contributed by atoms with E-state index in [0.29, 0.717) is 12.4 Å². The number of hydrogen-bond donors (Lipinski definition) is 0. The molecule has 1 aromatic heterocycles. The summed E-state index contributed by atoms with van der Waals surface area (Å²) < 4.78 is 10.4. The Kier molecular flexibility index (Phi) is 4.26. The van der Waals surface area contributed by atoms with Crippen molar-refractivity contribution in [3.05, 3.63) is 39.7 Å². The van der Waals surface area contributed by atoms with Gasteiger partial charge in [0.2, 0.25) is 5.28 Å². The molecule has 0 spiro atoms. The Labute approximate surface area is 118 Å². The van der Waals surface area contributed by atoms with E-state index in [1.165, 1.54) is 24.3 Å². The summed E-state index contributed by atoms with van der Waals surface area (Å²) in [4.78, 5) is 21.4. The Bertz CT molecular complexity index is 620. The summed E-state index contributed by atoms with van der Waals surface area (Å²) in [5, 5.41) is 10.5. The van der Waals surface area contributed by atoms with E-state index in [4.69, 9.17) is 21.1 Å². The molecule has 0 fully saturated rings. The molecule has 0 saturated carbocycles. The number of halogens is 1. The average molecular weight is 297 g/mol. The Hall–Kier alpha value is -2.48. The van der Waals surface area contributed by atoms with Crippen LogP contribution in [0.25, 0.3) is 0 Å². The van der Waals surface area contributed by atoms with Crippen molar-refractivity contribution in [2.45, 2.75) is 6.92 Å². The topological polar surface area (TPSA) is 100 Å². The number of ether oxygens (including phenoxy) is 2. The number of benzene rings is 1. The molecular weight excluding hydrogens is 288 g/mol. The molecule has 0 aliphatic rings. The lowest BCUT2D eigenvalue weighted by molar-refractivity contribution is -0.384. The highest BCUT2D eigenvalue weighted by molar-refractivity contribution is 6.28. The fraction of sp³-hybridized carbons (Fsp3) is 0.182. The number of non-ortho nitro benzene ring substituents is 1. The van der Waals surface area contributed by atoms with Crippen molar-refractivity contribution in [1.82, 2.24) is 15.0 Å². The molecule has 0 atom stereocenters. The van der Waals surface area contributed by atoms with Crippen LogP contribution in [0, 0.1) is 10.1 Å². The molecule has 9 heteroatoms. The average Bonchev–Trinajstić information content (AvgIpc) is 2.39. The summed E-state index contributed by atoms with van der Waals surface area (Å²) in [5.41, 5.74) is -0.0407. The second kappa shape index (κ2) is 6.11. The molecule has 0 unspecified atom stereocenters. The van der Waals surface area contributed by atoms with E-state index in [-0.39, 0.29) is 23.0 Å². The molecule has 0 amide bonds. The second-order valence-corrected chi connectivity index (χ2v) is 3.79. The number of nitro benzene ring substituents is 1. The van der Waals surface area contributed by atoms with Gasteiger partial charge in [0.1, 0.15) is 5.75 Å². The van der Waals surface area contributed by atoms with Gasteiger partial charge in [-0.25, -0.2) is 0 Å². The number of nitro groups is 1. The Morgan fingerprint density at radius 1 is 1.20 bits per heavy atom. The minimum Gasteiger partial charge on any atom is -0.464 e. The lowest BCUT2D eigenvalue weighted by Crippen LogP contribution is -2.01. The number of hydrogen-bond acceptors (Lipinski definition) is 7. The van der Waals surface area contributed by atoms with E-state index in [0.717, 1.165) is 0 Å². The van der Waals surface area contributed by atoms with Crippen molar-refractivity contribution in [3.8, 4) is 17.8 Å². The summed E-state index contributed by atoms with van der Waals surface area (Å²) in [6.07, 6.45) is 0. The molecule has 2 rings (SSSR count). The minimum atomic E-state index is -0.503. The molecule has 0 N–H and O–H groups in total. The van der Waals surface area contributed by atoms with Crippen LogP contribution < -0.4 is 9.47 Å². The van der Waals surface area contributed by atoms with Gasteiger partial charge in [0.05, 0.1) is 11.5 Å². The van der Waals surface area contributed by atoms with Gasteiger partial charge in [-0.2, -0.15) is 9.97 Å². The summed E-state index contributed by atoms with van der Waals surface area (Å²) in [6.45, 7) is 2.14. The molecule has 0 aliphatic carbocycles. The highest BCUT2D eigenvalue weighted by atomic mass is 35.5. The third kappa shape index (κ3) is 3.51. The molecule has 0 bridgehead atoms. The SMILES string of the molecule is CCOc1nc(Cl)nc(Oc2ccc([N+](=O)[O-])cc2)n1. The Balaban J connectivity index is 2.18. The van der Waals surface area contributed by atoms with Gasteiger partial charge in [-0.15, -0.1) is 4.98 Å². The zero-order valence-electron chi connectivity index (χ0n) is 10.3. The highest BCUT2D eigenvalue weighted by Crippen LogP contribution is 2.23. The standard InChI is InChI=1S/C11H9ClN4O4/c1-2-19-10-13-9(12)14-11(15-10)20-8-5-3-7(4-6-8)16(17)18/h3-6H,2H2,1H3. The molecule has 0 saturated heterocycles. The molecular formula is C11H9ClN4O4. The van der Waals surface area contributed by atoms with Gasteiger partial charge in [-0.05, 0) is 30.7 Å². The quantitative estimate of drug-likeness (QED) is 0.617. The molecule has 2 aromatic rings. The maximum absolute atomic E-state index is 10.5. The Morgan fingerprint density at radius 3 is 2.45 bits per heavy atom. The molecule has 104 valence electrons. The van der Waals surface area contributed by atoms with Crippen LogP contribution >= 0.6 is 11.6 Å². The van der Waals surface area contributed by atoms with Crippen LogP contribution in [-0.4, -0.2) is 26.5 Å².